The molecular formula is C28H38N6O5. The minimum Gasteiger partial charge on any atom is -0.492 e. The van der Waals surface area contributed by atoms with Crippen LogP contribution in [0.5, 0.6) is 11.6 Å². The minimum atomic E-state index is -0.395. The highest BCUT2D eigenvalue weighted by Crippen LogP contribution is 2.21. The van der Waals surface area contributed by atoms with Gasteiger partial charge in [-0.3, -0.25) is 14.2 Å². The van der Waals surface area contributed by atoms with Crippen molar-refractivity contribution in [1.82, 2.24) is 29.7 Å². The average Bonchev–Trinajstić information content (AvgIpc) is 2.93. The summed E-state index contributed by atoms with van der Waals surface area (Å²) in [6.07, 6.45) is 4.92. The molecule has 3 aromatic heterocycles. The van der Waals surface area contributed by atoms with E-state index in [0.717, 1.165) is 45.5 Å². The zero-order valence-electron chi connectivity index (χ0n) is 23.2. The molecule has 0 unspecified atom stereocenters. The number of carbonyl (C=O) groups excluding carboxylic acids is 1. The maximum Gasteiger partial charge on any atom is 0.263 e. The Morgan fingerprint density at radius 3 is 2.72 bits per heavy atom. The molecule has 0 aliphatic carbocycles. The van der Waals surface area contributed by atoms with Crippen LogP contribution in [0.15, 0.2) is 35.3 Å². The van der Waals surface area contributed by atoms with Gasteiger partial charge < -0.3 is 24.4 Å². The smallest absolute Gasteiger partial charge is 0.263 e. The number of aromatic nitrogens is 4. The van der Waals surface area contributed by atoms with E-state index in [1.165, 1.54) is 11.7 Å². The van der Waals surface area contributed by atoms with Gasteiger partial charge in [-0.05, 0) is 52.2 Å². The third-order valence-electron chi connectivity index (χ3n) is 6.52. The number of pyridine rings is 2. The summed E-state index contributed by atoms with van der Waals surface area (Å²) in [6.45, 7) is 9.82. The maximum atomic E-state index is 13.6. The Hall–Kier alpha value is -3.57. The van der Waals surface area contributed by atoms with Crippen LogP contribution >= 0.6 is 0 Å². The van der Waals surface area contributed by atoms with Crippen molar-refractivity contribution in [3.63, 3.8) is 0 Å². The van der Waals surface area contributed by atoms with Crippen LogP contribution in [0.1, 0.15) is 40.0 Å². The fraction of sp³-hybridized carbons (Fsp3) is 0.536. The zero-order valence-corrected chi connectivity index (χ0v) is 23.2. The molecule has 1 aliphatic heterocycles. The van der Waals surface area contributed by atoms with Gasteiger partial charge in [-0.15, -0.1) is 0 Å². The molecule has 4 heterocycles. The van der Waals surface area contributed by atoms with Gasteiger partial charge in [-0.25, -0.2) is 15.0 Å². The standard InChI is InChI=1S/C28H38N6O5/c1-5-38-20-10-13-33(14-11-20)12-7-15-39-21-16-22-26(29-17-21)32-27(23-8-6-9-25(31-23)37-4)34(28(22)36)18-24(35)30-19(2)3/h6,8-9,16-17,19-20H,5,7,10-15,18H2,1-4H3,(H,30,35). The predicted octanol–water partition coefficient (Wildman–Crippen LogP) is 2.66. The fourth-order valence-corrected chi connectivity index (χ4v) is 4.69. The van der Waals surface area contributed by atoms with Gasteiger partial charge >= 0.3 is 0 Å². The Morgan fingerprint density at radius 1 is 1.21 bits per heavy atom. The van der Waals surface area contributed by atoms with Crippen molar-refractivity contribution in [1.29, 1.82) is 0 Å². The normalized spacial score (nSPS) is 14.6. The van der Waals surface area contributed by atoms with E-state index in [-0.39, 0.29) is 35.4 Å². The largest absolute Gasteiger partial charge is 0.492 e. The van der Waals surface area contributed by atoms with E-state index >= 15 is 0 Å². The lowest BCUT2D eigenvalue weighted by atomic mass is 10.1. The molecule has 1 amide bonds. The Labute approximate surface area is 228 Å². The number of hydrogen-bond acceptors (Lipinski definition) is 9. The lowest BCUT2D eigenvalue weighted by Crippen LogP contribution is -2.37. The number of nitrogens with one attached hydrogen (secondary N) is 1. The van der Waals surface area contributed by atoms with Crippen LogP contribution in [-0.4, -0.2) is 82.4 Å². The van der Waals surface area contributed by atoms with E-state index in [4.69, 9.17) is 14.2 Å². The van der Waals surface area contributed by atoms with Gasteiger partial charge in [0, 0.05) is 38.3 Å². The van der Waals surface area contributed by atoms with Crippen LogP contribution in [0, 0.1) is 0 Å². The summed E-state index contributed by atoms with van der Waals surface area (Å²) in [7, 11) is 1.51. The Kier molecular flexibility index (Phi) is 9.83. The van der Waals surface area contributed by atoms with Crippen LogP contribution in [0.25, 0.3) is 22.6 Å². The van der Waals surface area contributed by atoms with E-state index in [2.05, 4.69) is 25.2 Å². The number of nitrogens with zero attached hydrogens (tertiary/aromatic N) is 5. The van der Waals surface area contributed by atoms with Crippen LogP contribution in [0.4, 0.5) is 0 Å². The second-order valence-corrected chi connectivity index (χ2v) is 9.85. The van der Waals surface area contributed by atoms with Crippen molar-refractivity contribution in [2.24, 2.45) is 0 Å². The Morgan fingerprint density at radius 2 is 2.00 bits per heavy atom. The number of fused-ring (bicyclic) bond motifs is 1. The monoisotopic (exact) mass is 538 g/mol. The van der Waals surface area contributed by atoms with Crippen molar-refractivity contribution >= 4 is 16.9 Å². The van der Waals surface area contributed by atoms with Crippen LogP contribution in [0.3, 0.4) is 0 Å². The molecule has 4 rings (SSSR count). The number of carbonyl (C=O) groups is 1. The molecule has 0 aromatic carbocycles. The number of amides is 1. The third kappa shape index (κ3) is 7.51. The molecule has 0 radical (unpaired) electrons. The second-order valence-electron chi connectivity index (χ2n) is 9.85. The van der Waals surface area contributed by atoms with Crippen LogP contribution in [-0.2, 0) is 16.1 Å². The molecule has 0 atom stereocenters. The summed E-state index contributed by atoms with van der Waals surface area (Å²) >= 11 is 0. The van der Waals surface area contributed by atoms with Crippen LogP contribution < -0.4 is 20.3 Å². The van der Waals surface area contributed by atoms with Gasteiger partial charge in [0.1, 0.15) is 18.0 Å². The van der Waals surface area contributed by atoms with E-state index in [9.17, 15) is 9.59 Å². The second kappa shape index (κ2) is 13.5. The average molecular weight is 539 g/mol. The molecule has 1 saturated heterocycles. The molecule has 0 saturated carbocycles. The molecule has 11 nitrogen and oxygen atoms in total. The molecular weight excluding hydrogens is 500 g/mol. The molecule has 0 bridgehead atoms. The summed E-state index contributed by atoms with van der Waals surface area (Å²) in [6, 6.07) is 6.73. The summed E-state index contributed by atoms with van der Waals surface area (Å²) < 4.78 is 18.2. The first-order chi connectivity index (χ1) is 18.9. The summed E-state index contributed by atoms with van der Waals surface area (Å²) in [5.74, 6) is 0.792. The number of likely N-dealkylation sites (tertiary alicyclic amines) is 1. The summed E-state index contributed by atoms with van der Waals surface area (Å²) in [4.78, 5) is 42.1. The lowest BCUT2D eigenvalue weighted by molar-refractivity contribution is -0.122. The van der Waals surface area contributed by atoms with Gasteiger partial charge in [0.15, 0.2) is 11.5 Å². The van der Waals surface area contributed by atoms with Gasteiger partial charge in [0.05, 0.1) is 31.4 Å². The Bertz CT molecular complexity index is 1320. The number of ether oxygens (including phenoxy) is 3. The third-order valence-corrected chi connectivity index (χ3v) is 6.52. The molecule has 39 heavy (non-hydrogen) atoms. The van der Waals surface area contributed by atoms with E-state index in [1.807, 2.05) is 20.8 Å². The number of hydrogen-bond donors (Lipinski definition) is 1. The van der Waals surface area contributed by atoms with Crippen molar-refractivity contribution in [3.8, 4) is 23.1 Å². The number of piperidine rings is 1. The fourth-order valence-electron chi connectivity index (χ4n) is 4.69. The molecule has 11 heteroatoms. The first kappa shape index (κ1) is 28.4. The quantitative estimate of drug-likeness (QED) is 0.347. The number of methoxy groups -OCH3 is 1. The molecule has 0 spiro atoms. The lowest BCUT2D eigenvalue weighted by Gasteiger charge is -2.31. The number of rotatable bonds is 12. The van der Waals surface area contributed by atoms with Gasteiger partial charge in [-0.1, -0.05) is 6.07 Å². The molecule has 1 aliphatic rings. The highest BCUT2D eigenvalue weighted by atomic mass is 16.5. The van der Waals surface area contributed by atoms with Crippen LogP contribution in [0.2, 0.25) is 0 Å². The van der Waals surface area contributed by atoms with Crippen molar-refractivity contribution in [2.75, 3.05) is 40.0 Å². The van der Waals surface area contributed by atoms with Gasteiger partial charge in [0.2, 0.25) is 11.8 Å². The zero-order chi connectivity index (χ0) is 27.8. The first-order valence-electron chi connectivity index (χ1n) is 13.6. The Balaban J connectivity index is 1.51. The van der Waals surface area contributed by atoms with Crippen molar-refractivity contribution in [2.45, 2.75) is 58.7 Å². The molecule has 210 valence electrons. The first-order valence-corrected chi connectivity index (χ1v) is 13.6. The van der Waals surface area contributed by atoms with Gasteiger partial charge in [-0.2, -0.15) is 0 Å². The van der Waals surface area contributed by atoms with Crippen molar-refractivity contribution in [3.05, 3.63) is 40.8 Å². The predicted molar refractivity (Wildman–Crippen MR) is 148 cm³/mol. The highest BCUT2D eigenvalue weighted by Gasteiger charge is 2.20. The summed E-state index contributed by atoms with van der Waals surface area (Å²) in [5, 5.41) is 3.10. The molecule has 1 N–H and O–H groups in total. The van der Waals surface area contributed by atoms with E-state index < -0.39 is 5.56 Å². The van der Waals surface area contributed by atoms with E-state index in [0.29, 0.717) is 30.0 Å². The van der Waals surface area contributed by atoms with Crippen molar-refractivity contribution < 1.29 is 19.0 Å². The molecule has 3 aromatic rings. The summed E-state index contributed by atoms with van der Waals surface area (Å²) in [5.41, 5.74) is 0.261. The van der Waals surface area contributed by atoms with Gasteiger partial charge in [0.25, 0.3) is 5.56 Å². The topological polar surface area (TPSA) is 121 Å². The molecule has 1 fully saturated rings. The maximum absolute atomic E-state index is 13.6. The minimum absolute atomic E-state index is 0.0716. The van der Waals surface area contributed by atoms with E-state index in [1.54, 1.807) is 30.5 Å². The SMILES string of the molecule is CCOC1CCN(CCCOc2cnc3nc(-c4cccc(OC)n4)n(CC(=O)NC(C)C)c(=O)c3c2)CC1. The highest BCUT2D eigenvalue weighted by molar-refractivity contribution is 5.80.